The topological polar surface area (TPSA) is 3.24 Å². The molecular weight excluding hydrogens is 214 g/mol. The van der Waals surface area contributed by atoms with E-state index in [1.54, 1.807) is 0 Å². The van der Waals surface area contributed by atoms with Gasteiger partial charge < -0.3 is 4.90 Å². The van der Waals surface area contributed by atoms with Crippen LogP contribution in [-0.2, 0) is 5.41 Å². The first-order valence-corrected chi connectivity index (χ1v) is 6.41. The van der Waals surface area contributed by atoms with Crippen molar-refractivity contribution in [3.63, 3.8) is 0 Å². The van der Waals surface area contributed by atoms with Crippen LogP contribution in [0.2, 0.25) is 0 Å². The molecule has 0 saturated heterocycles. The molecule has 0 spiro atoms. The van der Waals surface area contributed by atoms with Gasteiger partial charge in [0.05, 0.1) is 0 Å². The van der Waals surface area contributed by atoms with E-state index in [0.717, 1.165) is 0 Å². The molecule has 2 aromatic rings. The summed E-state index contributed by atoms with van der Waals surface area (Å²) in [5, 5.41) is 1.36. The zero-order valence-corrected chi connectivity index (χ0v) is 11.5. The van der Waals surface area contributed by atoms with Gasteiger partial charge in [-0.2, -0.15) is 0 Å². The molecule has 0 aliphatic heterocycles. The predicted molar refractivity (Wildman–Crippen MR) is 74.9 cm³/mol. The number of anilines is 1. The molecule has 1 nitrogen and oxygen atoms in total. The quantitative estimate of drug-likeness (QED) is 0.711. The van der Waals surface area contributed by atoms with Crippen LogP contribution >= 0.6 is 11.3 Å². The van der Waals surface area contributed by atoms with Crippen LogP contribution in [0, 0.1) is 0 Å². The van der Waals surface area contributed by atoms with E-state index in [2.05, 4.69) is 64.0 Å². The molecule has 1 heterocycles. The average Bonchev–Trinajstić information content (AvgIpc) is 2.58. The van der Waals surface area contributed by atoms with Crippen LogP contribution in [-0.4, -0.2) is 14.1 Å². The van der Waals surface area contributed by atoms with Crippen LogP contribution in [0.4, 0.5) is 5.69 Å². The standard InChI is InChI=1S/C14H19NS/c1-14(2,3)13-9-10-8-11(15(4)5)6-7-12(10)16-13/h6-9H,1-5H3. The molecule has 16 heavy (non-hydrogen) atoms. The molecular formula is C14H19NS. The summed E-state index contributed by atoms with van der Waals surface area (Å²) < 4.78 is 1.38. The van der Waals surface area contributed by atoms with Crippen LogP contribution in [0.15, 0.2) is 24.3 Å². The lowest BCUT2D eigenvalue weighted by Gasteiger charge is -2.14. The van der Waals surface area contributed by atoms with Gasteiger partial charge in [0.15, 0.2) is 0 Å². The van der Waals surface area contributed by atoms with Gasteiger partial charge in [-0.1, -0.05) is 20.8 Å². The average molecular weight is 233 g/mol. The van der Waals surface area contributed by atoms with E-state index in [-0.39, 0.29) is 5.41 Å². The highest BCUT2D eigenvalue weighted by Gasteiger charge is 2.16. The SMILES string of the molecule is CN(C)c1ccc2sc(C(C)(C)C)cc2c1. The highest BCUT2D eigenvalue weighted by molar-refractivity contribution is 7.19. The highest BCUT2D eigenvalue weighted by Crippen LogP contribution is 2.35. The largest absolute Gasteiger partial charge is 0.378 e. The Bertz CT molecular complexity index is 503. The number of hydrogen-bond donors (Lipinski definition) is 0. The van der Waals surface area contributed by atoms with Crippen LogP contribution in [0.1, 0.15) is 25.6 Å². The van der Waals surface area contributed by atoms with Gasteiger partial charge in [0.2, 0.25) is 0 Å². The van der Waals surface area contributed by atoms with E-state index in [1.165, 1.54) is 20.7 Å². The minimum atomic E-state index is 0.252. The molecule has 0 fully saturated rings. The zero-order chi connectivity index (χ0) is 11.9. The summed E-state index contributed by atoms with van der Waals surface area (Å²) in [6, 6.07) is 9.00. The normalized spacial score (nSPS) is 12.1. The van der Waals surface area contributed by atoms with Gasteiger partial charge in [-0.15, -0.1) is 11.3 Å². The van der Waals surface area contributed by atoms with Crippen molar-refractivity contribution in [3.05, 3.63) is 29.1 Å². The number of nitrogens with zero attached hydrogens (tertiary/aromatic N) is 1. The second-order valence-electron chi connectivity index (χ2n) is 5.48. The molecule has 0 atom stereocenters. The number of benzene rings is 1. The molecule has 0 saturated carbocycles. The van der Waals surface area contributed by atoms with Gasteiger partial charge in [0, 0.05) is 29.4 Å². The number of hydrogen-bond acceptors (Lipinski definition) is 2. The van der Waals surface area contributed by atoms with E-state index < -0.39 is 0 Å². The number of rotatable bonds is 1. The second-order valence-corrected chi connectivity index (χ2v) is 6.56. The summed E-state index contributed by atoms with van der Waals surface area (Å²) in [5.74, 6) is 0. The maximum Gasteiger partial charge on any atom is 0.0368 e. The van der Waals surface area contributed by atoms with Crippen molar-refractivity contribution < 1.29 is 0 Å². The Morgan fingerprint density at radius 2 is 1.75 bits per heavy atom. The van der Waals surface area contributed by atoms with Gasteiger partial charge in [-0.3, -0.25) is 0 Å². The van der Waals surface area contributed by atoms with Crippen molar-refractivity contribution in [2.75, 3.05) is 19.0 Å². The van der Waals surface area contributed by atoms with Gasteiger partial charge in [0.25, 0.3) is 0 Å². The molecule has 0 unspecified atom stereocenters. The van der Waals surface area contributed by atoms with Crippen LogP contribution in [0.25, 0.3) is 10.1 Å². The monoisotopic (exact) mass is 233 g/mol. The Morgan fingerprint density at radius 3 is 2.31 bits per heavy atom. The lowest BCUT2D eigenvalue weighted by atomic mass is 9.94. The first kappa shape index (κ1) is 11.5. The fourth-order valence-corrected chi connectivity index (χ4v) is 2.78. The van der Waals surface area contributed by atoms with Crippen LogP contribution < -0.4 is 4.90 Å². The first-order chi connectivity index (χ1) is 7.38. The second kappa shape index (κ2) is 3.77. The molecule has 0 amide bonds. The Kier molecular flexibility index (Phi) is 2.70. The number of thiophene rings is 1. The predicted octanol–water partition coefficient (Wildman–Crippen LogP) is 4.26. The maximum atomic E-state index is 2.33. The molecule has 2 rings (SSSR count). The highest BCUT2D eigenvalue weighted by atomic mass is 32.1. The Labute approximate surface area is 102 Å². The van der Waals surface area contributed by atoms with E-state index in [0.29, 0.717) is 0 Å². The molecule has 0 radical (unpaired) electrons. The van der Waals surface area contributed by atoms with E-state index >= 15 is 0 Å². The first-order valence-electron chi connectivity index (χ1n) is 5.59. The van der Waals surface area contributed by atoms with Crippen LogP contribution in [0.3, 0.4) is 0 Å². The molecule has 0 aliphatic carbocycles. The van der Waals surface area contributed by atoms with E-state index in [9.17, 15) is 0 Å². The third-order valence-electron chi connectivity index (χ3n) is 2.76. The smallest absolute Gasteiger partial charge is 0.0368 e. The summed E-state index contributed by atoms with van der Waals surface area (Å²) in [5.41, 5.74) is 1.52. The molecule has 1 aromatic heterocycles. The zero-order valence-electron chi connectivity index (χ0n) is 10.7. The number of fused-ring (bicyclic) bond motifs is 1. The molecule has 2 heteroatoms. The Hall–Kier alpha value is -1.02. The van der Waals surface area contributed by atoms with Crippen molar-refractivity contribution in [2.45, 2.75) is 26.2 Å². The fraction of sp³-hybridized carbons (Fsp3) is 0.429. The van der Waals surface area contributed by atoms with Gasteiger partial charge >= 0.3 is 0 Å². The maximum absolute atomic E-state index is 2.33. The summed E-state index contributed by atoms with van der Waals surface area (Å²) in [6.07, 6.45) is 0. The van der Waals surface area contributed by atoms with Crippen LogP contribution in [0.5, 0.6) is 0 Å². The lowest BCUT2D eigenvalue weighted by molar-refractivity contribution is 0.604. The lowest BCUT2D eigenvalue weighted by Crippen LogP contribution is -2.08. The van der Waals surface area contributed by atoms with Gasteiger partial charge in [-0.25, -0.2) is 0 Å². The van der Waals surface area contributed by atoms with E-state index in [1.807, 2.05) is 11.3 Å². The van der Waals surface area contributed by atoms with Crippen molar-refractivity contribution in [3.8, 4) is 0 Å². The molecule has 0 bridgehead atoms. The van der Waals surface area contributed by atoms with Crippen molar-refractivity contribution in [2.24, 2.45) is 0 Å². The minimum Gasteiger partial charge on any atom is -0.378 e. The molecule has 0 aliphatic rings. The van der Waals surface area contributed by atoms with Gasteiger partial charge in [-0.05, 0) is 35.1 Å². The van der Waals surface area contributed by atoms with E-state index in [4.69, 9.17) is 0 Å². The van der Waals surface area contributed by atoms with Crippen molar-refractivity contribution >= 4 is 27.1 Å². The van der Waals surface area contributed by atoms with Crippen molar-refractivity contribution in [1.29, 1.82) is 0 Å². The van der Waals surface area contributed by atoms with Gasteiger partial charge in [0.1, 0.15) is 0 Å². The fourth-order valence-electron chi connectivity index (χ4n) is 1.68. The summed E-state index contributed by atoms with van der Waals surface area (Å²) in [6.45, 7) is 6.81. The van der Waals surface area contributed by atoms with Crippen molar-refractivity contribution in [1.82, 2.24) is 0 Å². The molecule has 1 aromatic carbocycles. The Morgan fingerprint density at radius 1 is 1.06 bits per heavy atom. The third kappa shape index (κ3) is 2.07. The molecule has 86 valence electrons. The minimum absolute atomic E-state index is 0.252. The Balaban J connectivity index is 2.54. The summed E-state index contributed by atoms with van der Waals surface area (Å²) >= 11 is 1.91. The summed E-state index contributed by atoms with van der Waals surface area (Å²) in [7, 11) is 4.16. The molecule has 0 N–H and O–H groups in total. The third-order valence-corrected chi connectivity index (χ3v) is 4.30. The summed E-state index contributed by atoms with van der Waals surface area (Å²) in [4.78, 5) is 3.60.